The van der Waals surface area contributed by atoms with Gasteiger partial charge in [-0.25, -0.2) is 4.98 Å². The van der Waals surface area contributed by atoms with E-state index in [4.69, 9.17) is 19.4 Å². The van der Waals surface area contributed by atoms with Crippen molar-refractivity contribution in [2.24, 2.45) is 0 Å². The smallest absolute Gasteiger partial charge is 0.230 e. The predicted octanol–water partition coefficient (Wildman–Crippen LogP) is 4.49. The van der Waals surface area contributed by atoms with Crippen molar-refractivity contribution in [3.05, 3.63) is 77.0 Å². The van der Waals surface area contributed by atoms with Crippen molar-refractivity contribution >= 4 is 11.9 Å². The molecule has 2 aromatic carbocycles. The fourth-order valence-electron chi connectivity index (χ4n) is 4.80. The number of nitrogens with zero attached hydrogens (tertiary/aromatic N) is 4. The van der Waals surface area contributed by atoms with Crippen LogP contribution < -0.4 is 9.64 Å². The van der Waals surface area contributed by atoms with Crippen molar-refractivity contribution in [3.63, 3.8) is 0 Å². The van der Waals surface area contributed by atoms with Crippen molar-refractivity contribution in [3.8, 4) is 11.6 Å². The number of hydrogen-bond acceptors (Lipinski definition) is 6. The molecule has 0 radical (unpaired) electrons. The van der Waals surface area contributed by atoms with Gasteiger partial charge in [-0.3, -0.25) is 4.79 Å². The summed E-state index contributed by atoms with van der Waals surface area (Å²) in [4.78, 5) is 27.4. The Kier molecular flexibility index (Phi) is 6.95. The summed E-state index contributed by atoms with van der Waals surface area (Å²) in [6.07, 6.45) is 1.43. The lowest BCUT2D eigenvalue weighted by Crippen LogP contribution is -2.41. The molecule has 1 saturated heterocycles. The van der Waals surface area contributed by atoms with Crippen LogP contribution in [0, 0.1) is 6.92 Å². The number of morpholine rings is 1. The van der Waals surface area contributed by atoms with Gasteiger partial charge < -0.3 is 19.3 Å². The minimum absolute atomic E-state index is 0.142. The van der Waals surface area contributed by atoms with Crippen molar-refractivity contribution in [1.29, 1.82) is 0 Å². The number of rotatable bonds is 6. The summed E-state index contributed by atoms with van der Waals surface area (Å²) in [6, 6.07) is 18.0. The molecule has 1 amide bonds. The first-order chi connectivity index (χ1) is 17.1. The van der Waals surface area contributed by atoms with Gasteiger partial charge >= 0.3 is 0 Å². The number of hydrogen-bond donors (Lipinski definition) is 0. The second-order valence-corrected chi connectivity index (χ2v) is 9.15. The largest absolute Gasteiger partial charge is 0.438 e. The minimum atomic E-state index is -0.160. The summed E-state index contributed by atoms with van der Waals surface area (Å²) in [6.45, 7) is 8.02. The van der Waals surface area contributed by atoms with Gasteiger partial charge in [-0.05, 0) is 36.6 Å². The highest BCUT2D eigenvalue weighted by Gasteiger charge is 2.31. The van der Waals surface area contributed by atoms with Gasteiger partial charge in [-0.1, -0.05) is 49.4 Å². The lowest BCUT2D eigenvalue weighted by Gasteiger charge is -2.33. The van der Waals surface area contributed by atoms with Gasteiger partial charge in [0.15, 0.2) is 0 Å². The van der Waals surface area contributed by atoms with Crippen LogP contribution in [-0.2, 0) is 22.5 Å². The third kappa shape index (κ3) is 5.15. The van der Waals surface area contributed by atoms with E-state index in [1.165, 1.54) is 0 Å². The van der Waals surface area contributed by atoms with Crippen LogP contribution in [0.4, 0.5) is 5.95 Å². The Labute approximate surface area is 206 Å². The summed E-state index contributed by atoms with van der Waals surface area (Å²) in [5, 5.41) is 0. The van der Waals surface area contributed by atoms with Crippen LogP contribution in [0.25, 0.3) is 0 Å². The molecule has 182 valence electrons. The number of aromatic nitrogens is 2. The Morgan fingerprint density at radius 1 is 1.06 bits per heavy atom. The van der Waals surface area contributed by atoms with E-state index in [2.05, 4.69) is 11.8 Å². The van der Waals surface area contributed by atoms with Gasteiger partial charge in [-0.15, -0.1) is 0 Å². The standard InChI is InChI=1S/C28H32N4O3/c1-3-23(21-9-5-4-6-10-21)27(33)32-13-12-25-24(19-32)26(35-22-11-7-8-20(2)18-22)30-28(29-25)31-14-16-34-17-15-31/h4-11,18,23H,3,12-17,19H2,1-2H3. The molecule has 1 fully saturated rings. The van der Waals surface area contributed by atoms with Crippen molar-refractivity contribution in [1.82, 2.24) is 14.9 Å². The molecule has 0 bridgehead atoms. The molecule has 2 aliphatic heterocycles. The van der Waals surface area contributed by atoms with Crippen molar-refractivity contribution in [2.75, 3.05) is 37.7 Å². The highest BCUT2D eigenvalue weighted by Crippen LogP contribution is 2.33. The van der Waals surface area contributed by atoms with Crippen LogP contribution in [0.3, 0.4) is 0 Å². The molecule has 7 heteroatoms. The van der Waals surface area contributed by atoms with Gasteiger partial charge in [0, 0.05) is 26.1 Å². The Balaban J connectivity index is 1.46. The van der Waals surface area contributed by atoms with E-state index in [9.17, 15) is 4.79 Å². The van der Waals surface area contributed by atoms with Crippen LogP contribution in [0.15, 0.2) is 54.6 Å². The number of carbonyl (C=O) groups excluding carboxylic acids is 1. The Morgan fingerprint density at radius 3 is 2.60 bits per heavy atom. The maximum absolute atomic E-state index is 13.6. The lowest BCUT2D eigenvalue weighted by atomic mass is 9.94. The number of anilines is 1. The normalized spacial score (nSPS) is 16.5. The van der Waals surface area contributed by atoms with E-state index in [1.54, 1.807) is 0 Å². The molecule has 0 aliphatic carbocycles. The molecule has 0 spiro atoms. The van der Waals surface area contributed by atoms with Gasteiger partial charge in [0.25, 0.3) is 0 Å². The van der Waals surface area contributed by atoms with E-state index < -0.39 is 0 Å². The summed E-state index contributed by atoms with van der Waals surface area (Å²) in [5.74, 6) is 1.92. The lowest BCUT2D eigenvalue weighted by molar-refractivity contribution is -0.133. The molecule has 7 nitrogen and oxygen atoms in total. The Morgan fingerprint density at radius 2 is 1.86 bits per heavy atom. The summed E-state index contributed by atoms with van der Waals surface area (Å²) in [5.41, 5.74) is 4.03. The van der Waals surface area contributed by atoms with Gasteiger partial charge in [-0.2, -0.15) is 4.98 Å². The quantitative estimate of drug-likeness (QED) is 0.527. The van der Waals surface area contributed by atoms with Gasteiger partial charge in [0.05, 0.1) is 36.9 Å². The molecule has 5 rings (SSSR count). The molecular weight excluding hydrogens is 440 g/mol. The number of fused-ring (bicyclic) bond motifs is 1. The second kappa shape index (κ2) is 10.4. The van der Waals surface area contributed by atoms with E-state index in [0.717, 1.165) is 47.6 Å². The van der Waals surface area contributed by atoms with Crippen LogP contribution in [-0.4, -0.2) is 53.6 Å². The molecule has 3 aromatic rings. The van der Waals surface area contributed by atoms with E-state index in [-0.39, 0.29) is 11.8 Å². The van der Waals surface area contributed by atoms with Crippen LogP contribution in [0.1, 0.15) is 41.6 Å². The number of amides is 1. The van der Waals surface area contributed by atoms with Crippen LogP contribution in [0.2, 0.25) is 0 Å². The van der Waals surface area contributed by atoms with Crippen molar-refractivity contribution < 1.29 is 14.3 Å². The zero-order valence-corrected chi connectivity index (χ0v) is 20.4. The molecule has 1 unspecified atom stereocenters. The molecule has 35 heavy (non-hydrogen) atoms. The zero-order chi connectivity index (χ0) is 24.2. The number of benzene rings is 2. The van der Waals surface area contributed by atoms with Crippen LogP contribution >= 0.6 is 0 Å². The molecular formula is C28H32N4O3. The topological polar surface area (TPSA) is 67.8 Å². The summed E-state index contributed by atoms with van der Waals surface area (Å²) >= 11 is 0. The number of carbonyl (C=O) groups is 1. The first-order valence-electron chi connectivity index (χ1n) is 12.4. The monoisotopic (exact) mass is 472 g/mol. The minimum Gasteiger partial charge on any atom is -0.438 e. The average molecular weight is 473 g/mol. The highest BCUT2D eigenvalue weighted by atomic mass is 16.5. The average Bonchev–Trinajstić information content (AvgIpc) is 2.90. The molecule has 1 atom stereocenters. The van der Waals surface area contributed by atoms with Crippen molar-refractivity contribution in [2.45, 2.75) is 39.2 Å². The number of ether oxygens (including phenoxy) is 2. The molecule has 0 saturated carbocycles. The molecule has 3 heterocycles. The maximum Gasteiger partial charge on any atom is 0.230 e. The van der Waals surface area contributed by atoms with Gasteiger partial charge in [0.2, 0.25) is 17.7 Å². The SMILES string of the molecule is CCC(C(=O)N1CCc2nc(N3CCOCC3)nc(Oc3cccc(C)c3)c2C1)c1ccccc1. The van der Waals surface area contributed by atoms with E-state index >= 15 is 0 Å². The third-order valence-corrected chi connectivity index (χ3v) is 6.73. The highest BCUT2D eigenvalue weighted by molar-refractivity contribution is 5.84. The van der Waals surface area contributed by atoms with Crippen LogP contribution in [0.5, 0.6) is 11.6 Å². The second-order valence-electron chi connectivity index (χ2n) is 9.15. The first-order valence-corrected chi connectivity index (χ1v) is 12.4. The fraction of sp³-hybridized carbons (Fsp3) is 0.393. The molecule has 0 N–H and O–H groups in total. The Hall–Kier alpha value is -3.45. The number of aryl methyl sites for hydroxylation is 1. The first kappa shape index (κ1) is 23.3. The zero-order valence-electron chi connectivity index (χ0n) is 20.4. The third-order valence-electron chi connectivity index (χ3n) is 6.73. The summed E-state index contributed by atoms with van der Waals surface area (Å²) < 4.78 is 11.9. The summed E-state index contributed by atoms with van der Waals surface area (Å²) in [7, 11) is 0. The fourth-order valence-corrected chi connectivity index (χ4v) is 4.80. The van der Waals surface area contributed by atoms with E-state index in [0.29, 0.717) is 44.6 Å². The predicted molar refractivity (Wildman–Crippen MR) is 135 cm³/mol. The maximum atomic E-state index is 13.6. The molecule has 2 aliphatic rings. The molecule has 1 aromatic heterocycles. The van der Waals surface area contributed by atoms with Gasteiger partial charge in [0.1, 0.15) is 5.75 Å². The Bertz CT molecular complexity index is 1180. The van der Waals surface area contributed by atoms with E-state index in [1.807, 2.05) is 66.4 Å².